The lowest BCUT2D eigenvalue weighted by Crippen LogP contribution is -2.45. The van der Waals surface area contributed by atoms with Gasteiger partial charge in [-0.3, -0.25) is 0 Å². The van der Waals surface area contributed by atoms with Crippen LogP contribution in [0.15, 0.2) is 0 Å². The first-order valence-electron chi connectivity index (χ1n) is 7.15. The van der Waals surface area contributed by atoms with Crippen molar-refractivity contribution in [1.29, 1.82) is 0 Å². The van der Waals surface area contributed by atoms with Crippen LogP contribution >= 0.6 is 0 Å². The quantitative estimate of drug-likeness (QED) is 0.797. The molecule has 0 amide bonds. The SMILES string of the molecule is CN1CCC(CN(C)CC2(C)CCCNC2)C1. The van der Waals surface area contributed by atoms with Crippen molar-refractivity contribution in [3.63, 3.8) is 0 Å². The summed E-state index contributed by atoms with van der Waals surface area (Å²) >= 11 is 0. The summed E-state index contributed by atoms with van der Waals surface area (Å²) in [7, 11) is 4.55. The van der Waals surface area contributed by atoms with Crippen molar-refractivity contribution in [2.24, 2.45) is 11.3 Å². The number of rotatable bonds is 4. The highest BCUT2D eigenvalue weighted by atomic mass is 15.2. The van der Waals surface area contributed by atoms with Crippen LogP contribution in [-0.2, 0) is 0 Å². The van der Waals surface area contributed by atoms with Crippen molar-refractivity contribution in [2.45, 2.75) is 26.2 Å². The van der Waals surface area contributed by atoms with Crippen LogP contribution in [0.2, 0.25) is 0 Å². The molecular formula is C14H29N3. The molecule has 2 heterocycles. The van der Waals surface area contributed by atoms with Gasteiger partial charge in [-0.05, 0) is 57.8 Å². The van der Waals surface area contributed by atoms with E-state index in [9.17, 15) is 0 Å². The van der Waals surface area contributed by atoms with E-state index >= 15 is 0 Å². The van der Waals surface area contributed by atoms with Gasteiger partial charge in [-0.2, -0.15) is 0 Å². The number of hydrogen-bond acceptors (Lipinski definition) is 3. The van der Waals surface area contributed by atoms with Crippen LogP contribution in [0.1, 0.15) is 26.2 Å². The van der Waals surface area contributed by atoms with Crippen molar-refractivity contribution in [2.75, 3.05) is 53.4 Å². The minimum atomic E-state index is 0.498. The number of hydrogen-bond donors (Lipinski definition) is 1. The molecule has 2 aliphatic rings. The van der Waals surface area contributed by atoms with Gasteiger partial charge in [0.25, 0.3) is 0 Å². The normalized spacial score (nSPS) is 35.6. The van der Waals surface area contributed by atoms with Gasteiger partial charge < -0.3 is 15.1 Å². The monoisotopic (exact) mass is 239 g/mol. The predicted octanol–water partition coefficient (Wildman–Crippen LogP) is 1.26. The second-order valence-electron chi connectivity index (χ2n) is 6.70. The average molecular weight is 239 g/mol. The zero-order valence-corrected chi connectivity index (χ0v) is 11.8. The number of piperidine rings is 1. The first-order chi connectivity index (χ1) is 8.07. The van der Waals surface area contributed by atoms with Crippen LogP contribution in [-0.4, -0.2) is 63.2 Å². The molecule has 0 saturated carbocycles. The van der Waals surface area contributed by atoms with E-state index in [0.29, 0.717) is 5.41 Å². The third kappa shape index (κ3) is 3.94. The Bertz CT molecular complexity index is 236. The molecule has 0 spiro atoms. The van der Waals surface area contributed by atoms with Crippen LogP contribution in [0, 0.1) is 11.3 Å². The highest BCUT2D eigenvalue weighted by molar-refractivity contribution is 4.85. The Kier molecular flexibility index (Phi) is 4.45. The van der Waals surface area contributed by atoms with Gasteiger partial charge in [0.05, 0.1) is 0 Å². The van der Waals surface area contributed by atoms with E-state index in [4.69, 9.17) is 0 Å². The van der Waals surface area contributed by atoms with Crippen molar-refractivity contribution in [3.05, 3.63) is 0 Å². The van der Waals surface area contributed by atoms with E-state index in [2.05, 4.69) is 36.1 Å². The molecule has 0 aliphatic carbocycles. The van der Waals surface area contributed by atoms with Gasteiger partial charge in [-0.1, -0.05) is 6.92 Å². The number of nitrogens with zero attached hydrogens (tertiary/aromatic N) is 2. The molecule has 3 heteroatoms. The molecule has 0 radical (unpaired) electrons. The lowest BCUT2D eigenvalue weighted by Gasteiger charge is -2.38. The summed E-state index contributed by atoms with van der Waals surface area (Å²) < 4.78 is 0. The second kappa shape index (κ2) is 5.68. The first-order valence-corrected chi connectivity index (χ1v) is 7.15. The minimum Gasteiger partial charge on any atom is -0.316 e. The molecule has 0 aromatic heterocycles. The molecule has 2 rings (SSSR count). The van der Waals surface area contributed by atoms with Gasteiger partial charge in [0.15, 0.2) is 0 Å². The summed E-state index contributed by atoms with van der Waals surface area (Å²) in [5.74, 6) is 0.894. The Morgan fingerprint density at radius 2 is 2.29 bits per heavy atom. The molecule has 3 nitrogen and oxygen atoms in total. The summed E-state index contributed by atoms with van der Waals surface area (Å²) in [6.45, 7) is 9.96. The second-order valence-corrected chi connectivity index (χ2v) is 6.70. The summed E-state index contributed by atoms with van der Waals surface area (Å²) in [5, 5.41) is 3.55. The topological polar surface area (TPSA) is 18.5 Å². The van der Waals surface area contributed by atoms with E-state index in [1.54, 1.807) is 0 Å². The fraction of sp³-hybridized carbons (Fsp3) is 1.00. The molecule has 0 aromatic carbocycles. The minimum absolute atomic E-state index is 0.498. The van der Waals surface area contributed by atoms with Crippen molar-refractivity contribution in [1.82, 2.24) is 15.1 Å². The molecular weight excluding hydrogens is 210 g/mol. The van der Waals surface area contributed by atoms with Crippen molar-refractivity contribution in [3.8, 4) is 0 Å². The summed E-state index contributed by atoms with van der Waals surface area (Å²) in [4.78, 5) is 5.03. The van der Waals surface area contributed by atoms with Gasteiger partial charge in [0.1, 0.15) is 0 Å². The first kappa shape index (κ1) is 13.3. The predicted molar refractivity (Wildman–Crippen MR) is 73.3 cm³/mol. The Hall–Kier alpha value is -0.120. The fourth-order valence-corrected chi connectivity index (χ4v) is 3.59. The fourth-order valence-electron chi connectivity index (χ4n) is 3.59. The third-order valence-corrected chi connectivity index (χ3v) is 4.40. The van der Waals surface area contributed by atoms with Crippen LogP contribution in [0.25, 0.3) is 0 Å². The molecule has 17 heavy (non-hydrogen) atoms. The van der Waals surface area contributed by atoms with E-state index in [-0.39, 0.29) is 0 Å². The van der Waals surface area contributed by atoms with Crippen LogP contribution < -0.4 is 5.32 Å². The zero-order chi connectivity index (χ0) is 12.3. The van der Waals surface area contributed by atoms with Gasteiger partial charge in [-0.25, -0.2) is 0 Å². The molecule has 0 aromatic rings. The van der Waals surface area contributed by atoms with E-state index in [0.717, 1.165) is 5.92 Å². The molecule has 2 atom stereocenters. The molecule has 2 fully saturated rings. The van der Waals surface area contributed by atoms with Crippen LogP contribution in [0.3, 0.4) is 0 Å². The van der Waals surface area contributed by atoms with Gasteiger partial charge >= 0.3 is 0 Å². The maximum absolute atomic E-state index is 3.55. The van der Waals surface area contributed by atoms with E-state index in [1.807, 2.05) is 0 Å². The Morgan fingerprint density at radius 1 is 1.47 bits per heavy atom. The molecule has 2 saturated heterocycles. The summed E-state index contributed by atoms with van der Waals surface area (Å²) in [6.07, 6.45) is 4.11. The molecule has 100 valence electrons. The third-order valence-electron chi connectivity index (χ3n) is 4.40. The van der Waals surface area contributed by atoms with Gasteiger partial charge in [0, 0.05) is 26.2 Å². The van der Waals surface area contributed by atoms with Gasteiger partial charge in [-0.15, -0.1) is 0 Å². The van der Waals surface area contributed by atoms with Gasteiger partial charge in [0.2, 0.25) is 0 Å². The Labute approximate surface area is 107 Å². The number of likely N-dealkylation sites (tertiary alicyclic amines) is 1. The molecule has 2 unspecified atom stereocenters. The maximum Gasteiger partial charge on any atom is 0.00446 e. The van der Waals surface area contributed by atoms with Crippen LogP contribution in [0.4, 0.5) is 0 Å². The zero-order valence-electron chi connectivity index (χ0n) is 11.8. The van der Waals surface area contributed by atoms with E-state index in [1.165, 1.54) is 58.5 Å². The molecule has 1 N–H and O–H groups in total. The van der Waals surface area contributed by atoms with Crippen LogP contribution in [0.5, 0.6) is 0 Å². The van der Waals surface area contributed by atoms with Crippen molar-refractivity contribution >= 4 is 0 Å². The molecule has 2 aliphatic heterocycles. The summed E-state index contributed by atoms with van der Waals surface area (Å²) in [5.41, 5.74) is 0.498. The highest BCUT2D eigenvalue weighted by Crippen LogP contribution is 2.27. The van der Waals surface area contributed by atoms with E-state index < -0.39 is 0 Å². The molecule has 0 bridgehead atoms. The smallest absolute Gasteiger partial charge is 0.00446 e. The summed E-state index contributed by atoms with van der Waals surface area (Å²) in [6, 6.07) is 0. The Balaban J connectivity index is 1.74. The maximum atomic E-state index is 3.55. The van der Waals surface area contributed by atoms with Crippen molar-refractivity contribution < 1.29 is 0 Å². The lowest BCUT2D eigenvalue weighted by atomic mass is 9.82. The highest BCUT2D eigenvalue weighted by Gasteiger charge is 2.29. The largest absolute Gasteiger partial charge is 0.316 e. The lowest BCUT2D eigenvalue weighted by molar-refractivity contribution is 0.140. The average Bonchev–Trinajstić information content (AvgIpc) is 2.63. The standard InChI is InChI=1S/C14H29N3/c1-14(6-4-7-15-11-14)12-17(3)10-13-5-8-16(2)9-13/h13,15H,4-12H2,1-3H3. The number of nitrogens with one attached hydrogen (secondary N) is 1. The Morgan fingerprint density at radius 3 is 2.88 bits per heavy atom.